The Morgan fingerprint density at radius 3 is 2.58 bits per heavy atom. The summed E-state index contributed by atoms with van der Waals surface area (Å²) in [5, 5.41) is 9.06. The van der Waals surface area contributed by atoms with Crippen molar-refractivity contribution in [3.05, 3.63) is 29.1 Å². The molecular formula is C12H16FNO4S. The van der Waals surface area contributed by atoms with Crippen molar-refractivity contribution in [3.63, 3.8) is 0 Å². The molecule has 1 aliphatic rings. The van der Waals surface area contributed by atoms with E-state index in [0.717, 1.165) is 6.07 Å². The van der Waals surface area contributed by atoms with Crippen molar-refractivity contribution in [2.45, 2.75) is 18.4 Å². The lowest BCUT2D eigenvalue weighted by Gasteiger charge is -2.27. The van der Waals surface area contributed by atoms with Crippen molar-refractivity contribution in [3.8, 4) is 0 Å². The minimum atomic E-state index is -3.75. The van der Waals surface area contributed by atoms with E-state index in [1.807, 2.05) is 0 Å². The molecule has 0 unspecified atom stereocenters. The van der Waals surface area contributed by atoms with Gasteiger partial charge in [0, 0.05) is 18.7 Å². The molecule has 0 radical (unpaired) electrons. The summed E-state index contributed by atoms with van der Waals surface area (Å²) >= 11 is 0. The van der Waals surface area contributed by atoms with Crippen molar-refractivity contribution < 1.29 is 22.7 Å². The Labute approximate surface area is 111 Å². The molecule has 0 amide bonds. The number of aliphatic hydroxyl groups is 1. The monoisotopic (exact) mass is 289 g/mol. The first-order valence-electron chi connectivity index (χ1n) is 5.94. The number of morpholine rings is 1. The van der Waals surface area contributed by atoms with E-state index in [0.29, 0.717) is 13.2 Å². The highest BCUT2D eigenvalue weighted by Gasteiger charge is 2.29. The number of ether oxygens (including phenoxy) is 1. The van der Waals surface area contributed by atoms with Gasteiger partial charge in [-0.3, -0.25) is 0 Å². The van der Waals surface area contributed by atoms with E-state index in [4.69, 9.17) is 9.84 Å². The molecule has 106 valence electrons. The van der Waals surface area contributed by atoms with Crippen LogP contribution in [0.1, 0.15) is 11.1 Å². The molecule has 1 aliphatic heterocycles. The molecule has 19 heavy (non-hydrogen) atoms. The predicted molar refractivity (Wildman–Crippen MR) is 66.6 cm³/mol. The standard InChI is InChI=1S/C12H16FNO4S/c1-9-11(13)6-10(8-15)7-12(9)19(16,17)14-2-4-18-5-3-14/h6-7,15H,2-5,8H2,1H3. The summed E-state index contributed by atoms with van der Waals surface area (Å²) in [6, 6.07) is 2.47. The largest absolute Gasteiger partial charge is 0.392 e. The number of hydrogen-bond donors (Lipinski definition) is 1. The van der Waals surface area contributed by atoms with Crippen LogP contribution in [0.2, 0.25) is 0 Å². The Morgan fingerprint density at radius 2 is 2.00 bits per heavy atom. The zero-order valence-electron chi connectivity index (χ0n) is 10.6. The van der Waals surface area contributed by atoms with E-state index in [1.165, 1.54) is 17.3 Å². The molecule has 5 nitrogen and oxygen atoms in total. The molecule has 1 fully saturated rings. The molecule has 1 heterocycles. The Kier molecular flexibility index (Phi) is 4.19. The summed E-state index contributed by atoms with van der Waals surface area (Å²) in [6.07, 6.45) is 0. The second-order valence-electron chi connectivity index (χ2n) is 4.38. The SMILES string of the molecule is Cc1c(F)cc(CO)cc1S(=O)(=O)N1CCOCC1. The molecule has 0 saturated carbocycles. The van der Waals surface area contributed by atoms with Gasteiger partial charge >= 0.3 is 0 Å². The summed E-state index contributed by atoms with van der Waals surface area (Å²) < 4.78 is 45.0. The van der Waals surface area contributed by atoms with Crippen molar-refractivity contribution >= 4 is 10.0 Å². The van der Waals surface area contributed by atoms with Gasteiger partial charge in [-0.25, -0.2) is 12.8 Å². The van der Waals surface area contributed by atoms with Crippen molar-refractivity contribution in [2.75, 3.05) is 26.3 Å². The number of sulfonamides is 1. The second kappa shape index (κ2) is 5.54. The van der Waals surface area contributed by atoms with Crippen LogP contribution in [-0.2, 0) is 21.4 Å². The predicted octanol–water partition coefficient (Wildman–Crippen LogP) is 0.647. The van der Waals surface area contributed by atoms with E-state index in [-0.39, 0.29) is 29.1 Å². The number of rotatable bonds is 3. The van der Waals surface area contributed by atoms with Gasteiger partial charge in [0.2, 0.25) is 10.0 Å². The first-order chi connectivity index (χ1) is 8.96. The molecule has 0 aliphatic carbocycles. The molecule has 1 N–H and O–H groups in total. The quantitative estimate of drug-likeness (QED) is 0.887. The third kappa shape index (κ3) is 2.79. The van der Waals surface area contributed by atoms with Crippen molar-refractivity contribution in [1.29, 1.82) is 0 Å². The fourth-order valence-corrected chi connectivity index (χ4v) is 3.68. The first-order valence-corrected chi connectivity index (χ1v) is 7.38. The number of halogens is 1. The highest BCUT2D eigenvalue weighted by atomic mass is 32.2. The number of nitrogens with zero attached hydrogens (tertiary/aromatic N) is 1. The maximum atomic E-state index is 13.7. The Morgan fingerprint density at radius 1 is 1.37 bits per heavy atom. The molecule has 0 aromatic heterocycles. The molecular weight excluding hydrogens is 273 g/mol. The van der Waals surface area contributed by atoms with Gasteiger partial charge < -0.3 is 9.84 Å². The summed E-state index contributed by atoms with van der Waals surface area (Å²) in [7, 11) is -3.75. The second-order valence-corrected chi connectivity index (χ2v) is 6.28. The fourth-order valence-electron chi connectivity index (χ4n) is 1.99. The van der Waals surface area contributed by atoms with Crippen LogP contribution < -0.4 is 0 Å². The van der Waals surface area contributed by atoms with E-state index in [9.17, 15) is 12.8 Å². The van der Waals surface area contributed by atoms with Gasteiger partial charge in [-0.15, -0.1) is 0 Å². The number of benzene rings is 1. The van der Waals surface area contributed by atoms with Crippen LogP contribution in [0.15, 0.2) is 17.0 Å². The lowest BCUT2D eigenvalue weighted by molar-refractivity contribution is 0.0730. The van der Waals surface area contributed by atoms with Gasteiger partial charge in [-0.2, -0.15) is 4.31 Å². The minimum absolute atomic E-state index is 0.0729. The van der Waals surface area contributed by atoms with Gasteiger partial charge in [-0.05, 0) is 24.6 Å². The van der Waals surface area contributed by atoms with E-state index < -0.39 is 22.4 Å². The molecule has 0 spiro atoms. The van der Waals surface area contributed by atoms with E-state index >= 15 is 0 Å². The maximum absolute atomic E-state index is 13.7. The van der Waals surface area contributed by atoms with E-state index in [2.05, 4.69) is 0 Å². The maximum Gasteiger partial charge on any atom is 0.243 e. The third-order valence-corrected chi connectivity index (χ3v) is 5.15. The van der Waals surface area contributed by atoms with Crippen LogP contribution in [0.25, 0.3) is 0 Å². The summed E-state index contributed by atoms with van der Waals surface area (Å²) in [5.74, 6) is -0.626. The molecule has 1 aromatic carbocycles. The summed E-state index contributed by atoms with van der Waals surface area (Å²) in [4.78, 5) is -0.0848. The van der Waals surface area contributed by atoms with Gasteiger partial charge in [0.1, 0.15) is 5.82 Å². The lowest BCUT2D eigenvalue weighted by Crippen LogP contribution is -2.40. The summed E-state index contributed by atoms with van der Waals surface area (Å²) in [6.45, 7) is 2.20. The molecule has 1 aromatic rings. The Balaban J connectivity index is 2.47. The van der Waals surface area contributed by atoms with Crippen molar-refractivity contribution in [2.24, 2.45) is 0 Å². The molecule has 0 bridgehead atoms. The van der Waals surface area contributed by atoms with Crippen LogP contribution in [0, 0.1) is 12.7 Å². The number of aliphatic hydroxyl groups excluding tert-OH is 1. The third-order valence-electron chi connectivity index (χ3n) is 3.13. The van der Waals surface area contributed by atoms with Gasteiger partial charge in [0.15, 0.2) is 0 Å². The van der Waals surface area contributed by atoms with Crippen LogP contribution in [0.3, 0.4) is 0 Å². The van der Waals surface area contributed by atoms with Crippen LogP contribution in [0.5, 0.6) is 0 Å². The topological polar surface area (TPSA) is 66.8 Å². The zero-order chi connectivity index (χ0) is 14.0. The van der Waals surface area contributed by atoms with Crippen LogP contribution >= 0.6 is 0 Å². The van der Waals surface area contributed by atoms with Gasteiger partial charge in [-0.1, -0.05) is 0 Å². The smallest absolute Gasteiger partial charge is 0.243 e. The van der Waals surface area contributed by atoms with Crippen LogP contribution in [0.4, 0.5) is 4.39 Å². The molecule has 7 heteroatoms. The average Bonchev–Trinajstić information content (AvgIpc) is 2.42. The highest BCUT2D eigenvalue weighted by molar-refractivity contribution is 7.89. The molecule has 0 atom stereocenters. The Hall–Kier alpha value is -1.02. The average molecular weight is 289 g/mol. The van der Waals surface area contributed by atoms with Gasteiger partial charge in [0.25, 0.3) is 0 Å². The van der Waals surface area contributed by atoms with Crippen molar-refractivity contribution in [1.82, 2.24) is 4.31 Å². The zero-order valence-corrected chi connectivity index (χ0v) is 11.4. The fraction of sp³-hybridized carbons (Fsp3) is 0.500. The lowest BCUT2D eigenvalue weighted by atomic mass is 10.1. The Bertz CT molecular complexity index is 567. The normalized spacial score (nSPS) is 17.6. The number of hydrogen-bond acceptors (Lipinski definition) is 4. The van der Waals surface area contributed by atoms with E-state index in [1.54, 1.807) is 0 Å². The van der Waals surface area contributed by atoms with Gasteiger partial charge in [0.05, 0.1) is 24.7 Å². The summed E-state index contributed by atoms with van der Waals surface area (Å²) in [5.41, 5.74) is 0.318. The van der Waals surface area contributed by atoms with Crippen LogP contribution in [-0.4, -0.2) is 44.1 Å². The first kappa shape index (κ1) is 14.4. The molecule has 1 saturated heterocycles. The minimum Gasteiger partial charge on any atom is -0.392 e. The highest BCUT2D eigenvalue weighted by Crippen LogP contribution is 2.24. The molecule has 2 rings (SSSR count).